The van der Waals surface area contributed by atoms with Crippen molar-refractivity contribution in [2.75, 3.05) is 85.1 Å². The maximum absolute atomic E-state index is 13.0. The maximum atomic E-state index is 13.0. The number of carbonyl (C=O) groups excluding carboxylic acids is 3. The fraction of sp³-hybridized carbons (Fsp3) is 0.704. The lowest BCUT2D eigenvalue weighted by Crippen LogP contribution is -2.51. The minimum absolute atomic E-state index is 0.174. The minimum Gasteiger partial charge on any atom is -0.481 e. The number of nitrogens with two attached hydrogens (primary N) is 1. The minimum atomic E-state index is -1.33. The molecule has 1 saturated heterocycles. The van der Waals surface area contributed by atoms with Gasteiger partial charge < -0.3 is 41.9 Å². The van der Waals surface area contributed by atoms with Gasteiger partial charge in [0.05, 0.1) is 32.1 Å². The smallest absolute Gasteiger partial charge is 0.317 e. The van der Waals surface area contributed by atoms with Crippen molar-refractivity contribution >= 4 is 47.6 Å². The SMILES string of the molecule is NC(=O)C(CCC(=O)O)NC(=O)C(CCC(=O)O)CNC(=O)CN1CCN(CC(=O)O)CCN(CC(=O)O)CCN(CC(=O)O)CC1. The van der Waals surface area contributed by atoms with E-state index in [2.05, 4.69) is 10.6 Å². The predicted molar refractivity (Wildman–Crippen MR) is 160 cm³/mol. The van der Waals surface area contributed by atoms with Crippen LogP contribution in [-0.2, 0) is 38.4 Å². The van der Waals surface area contributed by atoms with Crippen LogP contribution in [0.4, 0.5) is 0 Å². The summed E-state index contributed by atoms with van der Waals surface area (Å²) in [4.78, 5) is 100. The second kappa shape index (κ2) is 21.4. The average molecular weight is 676 g/mol. The Kier molecular flexibility index (Phi) is 18.5. The number of carboxylic acid groups (broad SMARTS) is 5. The molecule has 1 aliphatic heterocycles. The molecule has 1 fully saturated rings. The van der Waals surface area contributed by atoms with E-state index in [1.165, 1.54) is 0 Å². The molecular formula is C27H45N7O13. The highest BCUT2D eigenvalue weighted by Gasteiger charge is 2.27. The summed E-state index contributed by atoms with van der Waals surface area (Å²) in [7, 11) is 0. The molecule has 20 heteroatoms. The topological polar surface area (TPSA) is 301 Å². The van der Waals surface area contributed by atoms with Gasteiger partial charge >= 0.3 is 29.8 Å². The Morgan fingerprint density at radius 2 is 0.915 bits per heavy atom. The number of hydrogen-bond acceptors (Lipinski definition) is 12. The molecule has 0 spiro atoms. The van der Waals surface area contributed by atoms with Crippen LogP contribution < -0.4 is 16.4 Å². The summed E-state index contributed by atoms with van der Waals surface area (Å²) in [5, 5.41) is 50.9. The second-order valence-corrected chi connectivity index (χ2v) is 11.1. The highest BCUT2D eigenvalue weighted by atomic mass is 16.4. The van der Waals surface area contributed by atoms with Gasteiger partial charge in [-0.3, -0.25) is 58.0 Å². The molecule has 266 valence electrons. The number of nitrogens with zero attached hydrogens (tertiary/aromatic N) is 4. The summed E-state index contributed by atoms with van der Waals surface area (Å²) in [5.74, 6) is -9.22. The number of amides is 3. The molecule has 47 heavy (non-hydrogen) atoms. The van der Waals surface area contributed by atoms with Crippen molar-refractivity contribution in [2.24, 2.45) is 11.7 Å². The Labute approximate surface area is 270 Å². The van der Waals surface area contributed by atoms with Crippen molar-refractivity contribution in [1.82, 2.24) is 30.2 Å². The van der Waals surface area contributed by atoms with E-state index in [-0.39, 0.29) is 97.9 Å². The standard InChI is InChI=1S/C27H45N7O13/c28-26(46)19(2-4-22(38)39)30-27(47)18(1-3-21(36)37)13-29-20(35)14-31-5-7-32(15-23(40)41)9-11-34(17-25(44)45)12-10-33(8-6-31)16-24(42)43/h18-19H,1-17H2,(H2,28,46)(H,29,35)(H,30,47)(H,36,37)(H,38,39)(H,40,41)(H,42,43)(H,44,45). The summed E-state index contributed by atoms with van der Waals surface area (Å²) in [6.45, 7) is -0.0879. The van der Waals surface area contributed by atoms with Crippen LogP contribution in [0.2, 0.25) is 0 Å². The summed E-state index contributed by atoms with van der Waals surface area (Å²) in [6, 6.07) is -1.33. The molecule has 1 aliphatic rings. The fourth-order valence-electron chi connectivity index (χ4n) is 4.75. The van der Waals surface area contributed by atoms with Crippen molar-refractivity contribution in [3.05, 3.63) is 0 Å². The third kappa shape index (κ3) is 19.0. The molecule has 0 aromatic rings. The van der Waals surface area contributed by atoms with E-state index in [0.717, 1.165) is 0 Å². The second-order valence-electron chi connectivity index (χ2n) is 11.1. The Hall–Kier alpha value is -4.40. The molecule has 0 aromatic heterocycles. The van der Waals surface area contributed by atoms with Gasteiger partial charge in [-0.15, -0.1) is 0 Å². The normalized spacial score (nSPS) is 17.3. The lowest BCUT2D eigenvalue weighted by atomic mass is 10.0. The third-order valence-electron chi connectivity index (χ3n) is 7.30. The molecule has 20 nitrogen and oxygen atoms in total. The Morgan fingerprint density at radius 1 is 0.553 bits per heavy atom. The van der Waals surface area contributed by atoms with Crippen molar-refractivity contribution in [3.8, 4) is 0 Å². The molecule has 0 aromatic carbocycles. The van der Waals surface area contributed by atoms with Crippen molar-refractivity contribution < 1.29 is 63.9 Å². The molecule has 0 saturated carbocycles. The Morgan fingerprint density at radius 3 is 1.26 bits per heavy atom. The van der Waals surface area contributed by atoms with Gasteiger partial charge in [0, 0.05) is 71.7 Å². The highest BCUT2D eigenvalue weighted by Crippen LogP contribution is 2.09. The molecule has 0 aliphatic carbocycles. The Bertz CT molecular complexity index is 1090. The van der Waals surface area contributed by atoms with Crippen molar-refractivity contribution in [1.29, 1.82) is 0 Å². The zero-order valence-electron chi connectivity index (χ0n) is 26.0. The molecule has 0 radical (unpaired) electrons. The van der Waals surface area contributed by atoms with Gasteiger partial charge in [-0.05, 0) is 12.8 Å². The number of aliphatic carboxylic acids is 5. The van der Waals surface area contributed by atoms with Crippen LogP contribution in [0, 0.1) is 5.92 Å². The largest absolute Gasteiger partial charge is 0.481 e. The lowest BCUT2D eigenvalue weighted by Gasteiger charge is -2.33. The quantitative estimate of drug-likeness (QED) is 0.0645. The fourth-order valence-corrected chi connectivity index (χ4v) is 4.75. The first-order valence-corrected chi connectivity index (χ1v) is 14.9. The van der Waals surface area contributed by atoms with E-state index in [0.29, 0.717) is 0 Å². The van der Waals surface area contributed by atoms with E-state index in [4.69, 9.17) is 15.9 Å². The van der Waals surface area contributed by atoms with Gasteiger partial charge in [0.1, 0.15) is 6.04 Å². The monoisotopic (exact) mass is 675 g/mol. The molecule has 2 atom stereocenters. The molecule has 3 amide bonds. The molecule has 1 heterocycles. The Balaban J connectivity index is 3.03. The van der Waals surface area contributed by atoms with Crippen LogP contribution in [0.5, 0.6) is 0 Å². The van der Waals surface area contributed by atoms with Crippen molar-refractivity contribution in [3.63, 3.8) is 0 Å². The van der Waals surface area contributed by atoms with Crippen LogP contribution in [0.15, 0.2) is 0 Å². The number of carbonyl (C=O) groups is 8. The molecule has 9 N–H and O–H groups in total. The number of hydrogen-bond donors (Lipinski definition) is 8. The number of carboxylic acids is 5. The first-order chi connectivity index (χ1) is 22.0. The lowest BCUT2D eigenvalue weighted by molar-refractivity contribution is -0.140. The molecule has 1 rings (SSSR count). The zero-order chi connectivity index (χ0) is 35.5. The van der Waals surface area contributed by atoms with Crippen LogP contribution in [-0.4, -0.2) is 184 Å². The van der Waals surface area contributed by atoms with E-state index >= 15 is 0 Å². The van der Waals surface area contributed by atoms with Gasteiger partial charge in [-0.2, -0.15) is 0 Å². The number of nitrogens with one attached hydrogen (secondary N) is 2. The summed E-state index contributed by atoms with van der Waals surface area (Å²) in [5.41, 5.74) is 5.27. The number of rotatable bonds is 19. The maximum Gasteiger partial charge on any atom is 0.317 e. The van der Waals surface area contributed by atoms with E-state index in [9.17, 15) is 53.7 Å². The van der Waals surface area contributed by atoms with Gasteiger partial charge in [0.25, 0.3) is 0 Å². The average Bonchev–Trinajstić information content (AvgIpc) is 2.95. The molecule has 2 unspecified atom stereocenters. The van der Waals surface area contributed by atoms with Gasteiger partial charge in [-0.25, -0.2) is 0 Å². The predicted octanol–water partition coefficient (Wildman–Crippen LogP) is -4.11. The van der Waals surface area contributed by atoms with Gasteiger partial charge in [0.15, 0.2) is 0 Å². The molecular weight excluding hydrogens is 630 g/mol. The van der Waals surface area contributed by atoms with E-state index in [1.807, 2.05) is 0 Å². The van der Waals surface area contributed by atoms with E-state index in [1.54, 1.807) is 19.6 Å². The van der Waals surface area contributed by atoms with Crippen LogP contribution in [0.3, 0.4) is 0 Å². The third-order valence-corrected chi connectivity index (χ3v) is 7.30. The van der Waals surface area contributed by atoms with E-state index < -0.39 is 72.4 Å². The summed E-state index contributed by atoms with van der Waals surface area (Å²) in [6.07, 6.45) is -1.42. The van der Waals surface area contributed by atoms with Crippen LogP contribution >= 0.6 is 0 Å². The van der Waals surface area contributed by atoms with Gasteiger partial charge in [0.2, 0.25) is 17.7 Å². The first kappa shape index (κ1) is 40.6. The molecule has 0 bridgehead atoms. The zero-order valence-corrected chi connectivity index (χ0v) is 26.0. The first-order valence-electron chi connectivity index (χ1n) is 14.9. The summed E-state index contributed by atoms with van der Waals surface area (Å²) >= 11 is 0. The summed E-state index contributed by atoms with van der Waals surface area (Å²) < 4.78 is 0. The van der Waals surface area contributed by atoms with Crippen LogP contribution in [0.1, 0.15) is 25.7 Å². The number of primary amides is 1. The van der Waals surface area contributed by atoms with Crippen molar-refractivity contribution in [2.45, 2.75) is 31.7 Å². The van der Waals surface area contributed by atoms with Crippen LogP contribution in [0.25, 0.3) is 0 Å². The highest BCUT2D eigenvalue weighted by molar-refractivity contribution is 5.88. The van der Waals surface area contributed by atoms with Gasteiger partial charge in [-0.1, -0.05) is 0 Å².